The normalized spacial score (nSPS) is 31.8. The van der Waals surface area contributed by atoms with E-state index >= 15 is 0 Å². The molecule has 0 aromatic rings. The number of esters is 2. The lowest BCUT2D eigenvalue weighted by atomic mass is 9.72. The third kappa shape index (κ3) is 2.39. The van der Waals surface area contributed by atoms with Gasteiger partial charge in [0.25, 0.3) is 0 Å². The van der Waals surface area contributed by atoms with E-state index < -0.39 is 23.3 Å². The van der Waals surface area contributed by atoms with Crippen LogP contribution in [-0.2, 0) is 19.1 Å². The molecule has 2 rings (SSSR count). The standard InChI is InChI=1S/C16H22O4/c1-4-16(13(14(17)19-2)15(18)20-3)9-11-7-5-6-8-12(11)10-16/h4-6,11-13H,1,7-10H2,2-3H3/t11-,12+,16?. The Balaban J connectivity index is 2.31. The summed E-state index contributed by atoms with van der Waals surface area (Å²) in [6, 6.07) is 0. The van der Waals surface area contributed by atoms with E-state index in [9.17, 15) is 9.59 Å². The third-order valence-corrected chi connectivity index (χ3v) is 4.85. The molecule has 0 saturated heterocycles. The summed E-state index contributed by atoms with van der Waals surface area (Å²) in [7, 11) is 2.61. The van der Waals surface area contributed by atoms with Crippen molar-refractivity contribution in [2.75, 3.05) is 14.2 Å². The zero-order chi connectivity index (χ0) is 14.8. The van der Waals surface area contributed by atoms with E-state index in [1.165, 1.54) is 14.2 Å². The molecule has 2 aliphatic rings. The molecule has 20 heavy (non-hydrogen) atoms. The van der Waals surface area contributed by atoms with Gasteiger partial charge in [0.15, 0.2) is 5.92 Å². The highest BCUT2D eigenvalue weighted by molar-refractivity contribution is 5.96. The van der Waals surface area contributed by atoms with E-state index in [1.54, 1.807) is 6.08 Å². The monoisotopic (exact) mass is 278 g/mol. The lowest BCUT2D eigenvalue weighted by Crippen LogP contribution is -2.40. The van der Waals surface area contributed by atoms with E-state index in [-0.39, 0.29) is 0 Å². The molecule has 1 saturated carbocycles. The van der Waals surface area contributed by atoms with Gasteiger partial charge in [-0.3, -0.25) is 9.59 Å². The van der Waals surface area contributed by atoms with Crippen LogP contribution in [0.4, 0.5) is 0 Å². The fourth-order valence-corrected chi connectivity index (χ4v) is 3.81. The molecule has 1 unspecified atom stereocenters. The molecule has 0 heterocycles. The molecule has 0 amide bonds. The Morgan fingerprint density at radius 2 is 1.60 bits per heavy atom. The van der Waals surface area contributed by atoms with Crippen LogP contribution in [-0.4, -0.2) is 26.2 Å². The molecule has 0 aromatic heterocycles. The molecule has 3 atom stereocenters. The van der Waals surface area contributed by atoms with E-state index in [1.807, 2.05) is 0 Å². The number of hydrogen-bond acceptors (Lipinski definition) is 4. The summed E-state index contributed by atoms with van der Waals surface area (Å²) in [5.41, 5.74) is -0.540. The van der Waals surface area contributed by atoms with Crippen molar-refractivity contribution in [3.63, 3.8) is 0 Å². The molecule has 1 fully saturated rings. The first-order valence-corrected chi connectivity index (χ1v) is 7.02. The van der Waals surface area contributed by atoms with Crippen molar-refractivity contribution in [3.8, 4) is 0 Å². The van der Waals surface area contributed by atoms with Crippen molar-refractivity contribution in [1.82, 2.24) is 0 Å². The number of ether oxygens (including phenoxy) is 2. The van der Waals surface area contributed by atoms with Crippen LogP contribution in [0.1, 0.15) is 25.7 Å². The van der Waals surface area contributed by atoms with Crippen molar-refractivity contribution < 1.29 is 19.1 Å². The predicted octanol–water partition coefficient (Wildman–Crippen LogP) is 2.50. The van der Waals surface area contributed by atoms with Crippen molar-refractivity contribution in [2.24, 2.45) is 23.2 Å². The maximum Gasteiger partial charge on any atom is 0.320 e. The average Bonchev–Trinajstić information content (AvgIpc) is 2.86. The Kier molecular flexibility index (Phi) is 4.31. The maximum absolute atomic E-state index is 12.1. The van der Waals surface area contributed by atoms with Crippen LogP contribution < -0.4 is 0 Å². The Labute approximate surface area is 119 Å². The minimum atomic E-state index is -0.902. The van der Waals surface area contributed by atoms with Gasteiger partial charge in [0.1, 0.15) is 0 Å². The number of carbonyl (C=O) groups is 2. The molecule has 0 aliphatic heterocycles. The van der Waals surface area contributed by atoms with E-state index in [0.29, 0.717) is 11.8 Å². The Morgan fingerprint density at radius 3 is 1.95 bits per heavy atom. The fraction of sp³-hybridized carbons (Fsp3) is 0.625. The Morgan fingerprint density at radius 1 is 1.15 bits per heavy atom. The van der Waals surface area contributed by atoms with Gasteiger partial charge in [0.2, 0.25) is 0 Å². The quantitative estimate of drug-likeness (QED) is 0.450. The minimum Gasteiger partial charge on any atom is -0.468 e. The highest BCUT2D eigenvalue weighted by Crippen LogP contribution is 2.55. The van der Waals surface area contributed by atoms with Gasteiger partial charge >= 0.3 is 11.9 Å². The Bertz CT molecular complexity index is 406. The third-order valence-electron chi connectivity index (χ3n) is 4.85. The molecule has 0 bridgehead atoms. The van der Waals surface area contributed by atoms with Crippen LogP contribution in [0.2, 0.25) is 0 Å². The van der Waals surface area contributed by atoms with Gasteiger partial charge in [-0.2, -0.15) is 0 Å². The zero-order valence-corrected chi connectivity index (χ0v) is 12.1. The first-order chi connectivity index (χ1) is 9.57. The van der Waals surface area contributed by atoms with E-state index in [4.69, 9.17) is 9.47 Å². The second kappa shape index (κ2) is 5.81. The number of rotatable bonds is 4. The van der Waals surface area contributed by atoms with Crippen LogP contribution in [0.3, 0.4) is 0 Å². The molecule has 4 heteroatoms. The highest BCUT2D eigenvalue weighted by atomic mass is 16.5. The summed E-state index contributed by atoms with van der Waals surface area (Å²) in [6.45, 7) is 3.89. The molecule has 0 spiro atoms. The molecule has 0 N–H and O–H groups in total. The minimum absolute atomic E-state index is 0.509. The van der Waals surface area contributed by atoms with Gasteiger partial charge in [0, 0.05) is 5.41 Å². The van der Waals surface area contributed by atoms with Crippen molar-refractivity contribution >= 4 is 11.9 Å². The van der Waals surface area contributed by atoms with Gasteiger partial charge in [0.05, 0.1) is 14.2 Å². The van der Waals surface area contributed by atoms with Crippen molar-refractivity contribution in [3.05, 3.63) is 24.8 Å². The Hall–Kier alpha value is -1.58. The molecule has 4 nitrogen and oxygen atoms in total. The number of fused-ring (bicyclic) bond motifs is 1. The molecular formula is C16H22O4. The van der Waals surface area contributed by atoms with E-state index in [2.05, 4.69) is 18.7 Å². The fourth-order valence-electron chi connectivity index (χ4n) is 3.81. The smallest absolute Gasteiger partial charge is 0.320 e. The van der Waals surface area contributed by atoms with Crippen LogP contribution in [0.5, 0.6) is 0 Å². The summed E-state index contributed by atoms with van der Waals surface area (Å²) in [4.78, 5) is 24.2. The molecule has 110 valence electrons. The van der Waals surface area contributed by atoms with Gasteiger partial charge in [-0.25, -0.2) is 0 Å². The van der Waals surface area contributed by atoms with Gasteiger partial charge in [-0.1, -0.05) is 18.2 Å². The van der Waals surface area contributed by atoms with Crippen LogP contribution in [0.15, 0.2) is 24.8 Å². The largest absolute Gasteiger partial charge is 0.468 e. The maximum atomic E-state index is 12.1. The van der Waals surface area contributed by atoms with Crippen LogP contribution in [0, 0.1) is 23.2 Å². The van der Waals surface area contributed by atoms with Crippen molar-refractivity contribution in [2.45, 2.75) is 25.7 Å². The van der Waals surface area contributed by atoms with E-state index in [0.717, 1.165) is 25.7 Å². The van der Waals surface area contributed by atoms with Gasteiger partial charge in [-0.15, -0.1) is 6.58 Å². The summed E-state index contributed by atoms with van der Waals surface area (Å²) >= 11 is 0. The molecule has 0 radical (unpaired) electrons. The topological polar surface area (TPSA) is 52.6 Å². The first kappa shape index (κ1) is 14.8. The summed E-state index contributed by atoms with van der Waals surface area (Å²) in [6.07, 6.45) is 9.74. The second-order valence-electron chi connectivity index (χ2n) is 5.79. The zero-order valence-electron chi connectivity index (χ0n) is 12.1. The van der Waals surface area contributed by atoms with Crippen LogP contribution in [0.25, 0.3) is 0 Å². The van der Waals surface area contributed by atoms with Gasteiger partial charge in [-0.05, 0) is 37.5 Å². The van der Waals surface area contributed by atoms with Crippen molar-refractivity contribution in [1.29, 1.82) is 0 Å². The number of hydrogen-bond donors (Lipinski definition) is 0. The lowest BCUT2D eigenvalue weighted by Gasteiger charge is -2.31. The highest BCUT2D eigenvalue weighted by Gasteiger charge is 2.54. The molecular weight excluding hydrogens is 256 g/mol. The van der Waals surface area contributed by atoms with Crippen LogP contribution >= 0.6 is 0 Å². The molecule has 0 aromatic carbocycles. The predicted molar refractivity (Wildman–Crippen MR) is 74.7 cm³/mol. The summed E-state index contributed by atoms with van der Waals surface area (Å²) < 4.78 is 9.65. The van der Waals surface area contributed by atoms with Gasteiger partial charge < -0.3 is 9.47 Å². The lowest BCUT2D eigenvalue weighted by molar-refractivity contribution is -0.164. The average molecular weight is 278 g/mol. The molecule has 2 aliphatic carbocycles. The number of allylic oxidation sites excluding steroid dienone is 3. The SMILES string of the molecule is C=CC1(C(C(=O)OC)C(=O)OC)C[C@H]2CC=CC[C@H]2C1. The second-order valence-corrected chi connectivity index (χ2v) is 5.79. The summed E-state index contributed by atoms with van der Waals surface area (Å²) in [5.74, 6) is -0.933. The number of methoxy groups -OCH3 is 2. The number of carbonyl (C=O) groups excluding carboxylic acids is 2. The first-order valence-electron chi connectivity index (χ1n) is 7.02. The summed E-state index contributed by atoms with van der Waals surface area (Å²) in [5, 5.41) is 0.